The topological polar surface area (TPSA) is 45.1 Å². The maximum atomic E-state index is 13.1. The van der Waals surface area contributed by atoms with Crippen molar-refractivity contribution in [2.75, 3.05) is 13.7 Å². The second-order valence-corrected chi connectivity index (χ2v) is 4.56. The molecule has 4 nitrogen and oxygen atoms in total. The van der Waals surface area contributed by atoms with Crippen molar-refractivity contribution in [2.24, 2.45) is 5.16 Å². The number of oxime groups is 1. The molecule has 0 spiro atoms. The summed E-state index contributed by atoms with van der Waals surface area (Å²) in [5.41, 5.74) is 0.668. The number of rotatable bonds is 4. The number of aliphatic hydroxyl groups is 1. The fourth-order valence-electron chi connectivity index (χ4n) is 1.91. The Hall–Kier alpha value is -1.69. The van der Waals surface area contributed by atoms with Crippen LogP contribution < -0.4 is 0 Å². The molecule has 1 aliphatic rings. The zero-order valence-corrected chi connectivity index (χ0v) is 10.8. The minimum atomic E-state index is -2.85. The number of aliphatic hydroxyl groups excluding tert-OH is 1. The molecule has 1 aliphatic heterocycles. The molecule has 1 aromatic carbocycles. The zero-order valence-electron chi connectivity index (χ0n) is 10.8. The molecule has 1 N–H and O–H groups in total. The summed E-state index contributed by atoms with van der Waals surface area (Å²) in [5.74, 6) is -2.28. The summed E-state index contributed by atoms with van der Waals surface area (Å²) >= 11 is 0. The van der Waals surface area contributed by atoms with Crippen molar-refractivity contribution in [1.29, 1.82) is 0 Å². The second kappa shape index (κ2) is 5.13. The third kappa shape index (κ3) is 2.84. The Bertz CT molecular complexity index is 469. The Labute approximate surface area is 110 Å². The Morgan fingerprint density at radius 3 is 2.53 bits per heavy atom. The summed E-state index contributed by atoms with van der Waals surface area (Å²) in [7, 11) is 1.79. The quantitative estimate of drug-likeness (QED) is 0.911. The molecule has 0 aromatic heterocycles. The van der Waals surface area contributed by atoms with E-state index in [0.29, 0.717) is 17.8 Å². The lowest BCUT2D eigenvalue weighted by Crippen LogP contribution is -2.33. The smallest absolute Gasteiger partial charge is 0.270 e. The van der Waals surface area contributed by atoms with Crippen molar-refractivity contribution in [3.05, 3.63) is 35.4 Å². The Morgan fingerprint density at radius 2 is 2.00 bits per heavy atom. The summed E-state index contributed by atoms with van der Waals surface area (Å²) in [4.78, 5) is 6.95. The third-order valence-corrected chi connectivity index (χ3v) is 3.05. The molecule has 6 heteroatoms. The molecule has 0 radical (unpaired) electrons. The molecule has 0 saturated carbocycles. The van der Waals surface area contributed by atoms with Gasteiger partial charge in [-0.15, -0.1) is 0 Å². The van der Waals surface area contributed by atoms with Gasteiger partial charge in [-0.05, 0) is 0 Å². The lowest BCUT2D eigenvalue weighted by atomic mass is 10.1. The van der Waals surface area contributed by atoms with E-state index in [2.05, 4.69) is 5.16 Å². The van der Waals surface area contributed by atoms with Crippen LogP contribution >= 0.6 is 0 Å². The van der Waals surface area contributed by atoms with Crippen molar-refractivity contribution in [1.82, 2.24) is 4.90 Å². The lowest BCUT2D eigenvalue weighted by molar-refractivity contribution is 0.00346. The summed E-state index contributed by atoms with van der Waals surface area (Å²) in [6.45, 7) is 0.862. The Kier molecular flexibility index (Phi) is 3.71. The molecule has 1 unspecified atom stereocenters. The van der Waals surface area contributed by atoms with E-state index < -0.39 is 5.92 Å². The molecule has 0 amide bonds. The highest BCUT2D eigenvalue weighted by molar-refractivity contribution is 5.99. The van der Waals surface area contributed by atoms with Crippen LogP contribution in [0.3, 0.4) is 0 Å². The number of hydrogen-bond acceptors (Lipinski definition) is 4. The number of nitrogens with zero attached hydrogens (tertiary/aromatic N) is 2. The normalized spacial score (nSPS) is 19.3. The van der Waals surface area contributed by atoms with Gasteiger partial charge in [0.1, 0.15) is 0 Å². The van der Waals surface area contributed by atoms with Crippen LogP contribution in [0.1, 0.15) is 24.5 Å². The first-order chi connectivity index (χ1) is 8.93. The van der Waals surface area contributed by atoms with Crippen LogP contribution in [0.4, 0.5) is 8.78 Å². The van der Waals surface area contributed by atoms with Crippen molar-refractivity contribution in [2.45, 2.75) is 25.5 Å². The number of hydrogen-bond donors (Lipinski definition) is 1. The lowest BCUT2D eigenvalue weighted by Gasteiger charge is -2.19. The fourth-order valence-corrected chi connectivity index (χ4v) is 1.91. The van der Waals surface area contributed by atoms with Gasteiger partial charge in [0.25, 0.3) is 5.92 Å². The average Bonchev–Trinajstić information content (AvgIpc) is 2.71. The van der Waals surface area contributed by atoms with Crippen LogP contribution in [-0.4, -0.2) is 35.7 Å². The van der Waals surface area contributed by atoms with E-state index in [1.54, 1.807) is 24.1 Å². The third-order valence-electron chi connectivity index (χ3n) is 3.05. The number of amidine groups is 1. The summed E-state index contributed by atoms with van der Waals surface area (Å²) in [5, 5.41) is 12.8. The van der Waals surface area contributed by atoms with Gasteiger partial charge in [-0.25, -0.2) is 8.78 Å². The van der Waals surface area contributed by atoms with E-state index in [1.165, 1.54) is 12.1 Å². The van der Waals surface area contributed by atoms with E-state index >= 15 is 0 Å². The number of benzene rings is 1. The van der Waals surface area contributed by atoms with Crippen LogP contribution in [0.5, 0.6) is 0 Å². The van der Waals surface area contributed by atoms with Crippen LogP contribution in [0.2, 0.25) is 0 Å². The van der Waals surface area contributed by atoms with Gasteiger partial charge in [-0.1, -0.05) is 29.4 Å². The Morgan fingerprint density at radius 1 is 1.37 bits per heavy atom. The van der Waals surface area contributed by atoms with Crippen molar-refractivity contribution >= 4 is 5.84 Å². The largest absolute Gasteiger partial charge is 0.396 e. The SMILES string of the molecule is CN1C(c2ccc(C(C)(F)F)cc2)=NOC1CCO. The molecule has 1 atom stereocenters. The van der Waals surface area contributed by atoms with Gasteiger partial charge in [0.05, 0.1) is 0 Å². The first-order valence-corrected chi connectivity index (χ1v) is 5.99. The summed E-state index contributed by atoms with van der Waals surface area (Å²) < 4.78 is 26.2. The van der Waals surface area contributed by atoms with Gasteiger partial charge in [0, 0.05) is 38.1 Å². The highest BCUT2D eigenvalue weighted by Gasteiger charge is 2.28. The first-order valence-electron chi connectivity index (χ1n) is 5.99. The van der Waals surface area contributed by atoms with Crippen LogP contribution in [-0.2, 0) is 10.8 Å². The van der Waals surface area contributed by atoms with E-state index in [0.717, 1.165) is 6.92 Å². The van der Waals surface area contributed by atoms with E-state index in [4.69, 9.17) is 9.94 Å². The molecule has 2 rings (SSSR count). The number of alkyl halides is 2. The average molecular weight is 270 g/mol. The highest BCUT2D eigenvalue weighted by atomic mass is 19.3. The van der Waals surface area contributed by atoms with Crippen LogP contribution in [0, 0.1) is 0 Å². The molecule has 0 bridgehead atoms. The predicted molar refractivity (Wildman–Crippen MR) is 66.9 cm³/mol. The van der Waals surface area contributed by atoms with E-state index in [-0.39, 0.29) is 18.4 Å². The summed E-state index contributed by atoms with van der Waals surface area (Å²) in [6, 6.07) is 5.94. The molecular weight excluding hydrogens is 254 g/mol. The maximum absolute atomic E-state index is 13.1. The Balaban J connectivity index is 2.16. The van der Waals surface area contributed by atoms with Crippen molar-refractivity contribution in [3.63, 3.8) is 0 Å². The second-order valence-electron chi connectivity index (χ2n) is 4.56. The molecule has 1 heterocycles. The molecule has 0 fully saturated rings. The van der Waals surface area contributed by atoms with Crippen LogP contribution in [0.25, 0.3) is 0 Å². The first kappa shape index (κ1) is 13.7. The van der Waals surface area contributed by atoms with Gasteiger partial charge in [-0.3, -0.25) is 0 Å². The van der Waals surface area contributed by atoms with Gasteiger partial charge < -0.3 is 14.8 Å². The zero-order chi connectivity index (χ0) is 14.0. The number of halogens is 2. The van der Waals surface area contributed by atoms with Gasteiger partial charge in [0.2, 0.25) is 6.23 Å². The minimum Gasteiger partial charge on any atom is -0.396 e. The summed E-state index contributed by atoms with van der Waals surface area (Å²) in [6.07, 6.45) is 0.126. The van der Waals surface area contributed by atoms with E-state index in [1.807, 2.05) is 0 Å². The van der Waals surface area contributed by atoms with Gasteiger partial charge in [-0.2, -0.15) is 0 Å². The standard InChI is InChI=1S/C13H16F2N2O2/c1-13(14,15)10-5-3-9(4-6-10)12-16-19-11(7-8-18)17(12)2/h3-6,11,18H,7-8H2,1-2H3. The molecule has 0 aliphatic carbocycles. The molecule has 19 heavy (non-hydrogen) atoms. The molecular formula is C13H16F2N2O2. The fraction of sp³-hybridized carbons (Fsp3) is 0.462. The van der Waals surface area contributed by atoms with E-state index in [9.17, 15) is 8.78 Å². The van der Waals surface area contributed by atoms with Gasteiger partial charge >= 0.3 is 0 Å². The van der Waals surface area contributed by atoms with Gasteiger partial charge in [0.15, 0.2) is 5.84 Å². The minimum absolute atomic E-state index is 0.00119. The van der Waals surface area contributed by atoms with Crippen molar-refractivity contribution in [3.8, 4) is 0 Å². The predicted octanol–water partition coefficient (Wildman–Crippen LogP) is 2.13. The molecule has 1 aromatic rings. The van der Waals surface area contributed by atoms with Crippen LogP contribution in [0.15, 0.2) is 29.4 Å². The monoisotopic (exact) mass is 270 g/mol. The highest BCUT2D eigenvalue weighted by Crippen LogP contribution is 2.27. The van der Waals surface area contributed by atoms with Crippen molar-refractivity contribution < 1.29 is 18.7 Å². The molecule has 104 valence electrons. The maximum Gasteiger partial charge on any atom is 0.270 e. The molecule has 0 saturated heterocycles.